The van der Waals surface area contributed by atoms with Crippen LogP contribution in [0.15, 0.2) is 70.1 Å². The lowest BCUT2D eigenvalue weighted by atomic mass is 10.00. The quantitative estimate of drug-likeness (QED) is 0.0825. The molecule has 0 radical (unpaired) electrons. The molecule has 2 fully saturated rings. The summed E-state index contributed by atoms with van der Waals surface area (Å²) in [7, 11) is 2.73. The number of imidazole rings is 2. The number of benzene rings is 3. The van der Waals surface area contributed by atoms with Crippen LogP contribution in [-0.4, -0.2) is 93.1 Å². The standard InChI is InChI=1S/C45H50N8O8/c1-23(2)37(51-45(58)59-6)42(55)52-17-7-9-32(52)40-48-22-31(50-40)27-13-15-34-29(20-27)38(54)36-28-14-11-26(19-25(28)12-16-35(36)60-34)30-21-47-41(49-30)33-10-8-18-53(33)43(56)39(24(3)4)61-44(57)46-5/h11-16,19-24,32-33,37,39H,7-10,17-18H2,1-6H3,(H,46,57)(H,47,49)(H,48,50)(H,51,58)/t32-,33-,37-,39-/m0/s1. The van der Waals surface area contributed by atoms with Crippen LogP contribution < -0.4 is 16.1 Å². The van der Waals surface area contributed by atoms with E-state index in [9.17, 15) is 24.0 Å². The van der Waals surface area contributed by atoms with Crippen molar-refractivity contribution in [2.75, 3.05) is 27.2 Å². The first-order valence-corrected chi connectivity index (χ1v) is 20.7. The molecule has 16 heteroatoms. The summed E-state index contributed by atoms with van der Waals surface area (Å²) in [4.78, 5) is 85.3. The number of amides is 4. The van der Waals surface area contributed by atoms with Crippen molar-refractivity contribution in [1.29, 1.82) is 0 Å². The van der Waals surface area contributed by atoms with Crippen molar-refractivity contribution in [3.8, 4) is 22.5 Å². The fraction of sp³-hybridized carbons (Fsp3) is 0.400. The van der Waals surface area contributed by atoms with Gasteiger partial charge in [0.25, 0.3) is 5.91 Å². The number of carbonyl (C=O) groups excluding carboxylic acids is 4. The fourth-order valence-corrected chi connectivity index (χ4v) is 8.64. The van der Waals surface area contributed by atoms with Crippen LogP contribution >= 0.6 is 0 Å². The number of nitrogens with one attached hydrogen (secondary N) is 4. The summed E-state index contributed by atoms with van der Waals surface area (Å²) in [6, 6.07) is 13.7. The molecule has 2 aliphatic rings. The zero-order valence-electron chi connectivity index (χ0n) is 35.0. The maximum absolute atomic E-state index is 14.3. The molecule has 3 aromatic carbocycles. The summed E-state index contributed by atoms with van der Waals surface area (Å²) >= 11 is 0. The molecule has 0 bridgehead atoms. The lowest BCUT2D eigenvalue weighted by molar-refractivity contribution is -0.143. The minimum Gasteiger partial charge on any atom is -0.456 e. The van der Waals surface area contributed by atoms with Crippen molar-refractivity contribution >= 4 is 56.7 Å². The lowest BCUT2D eigenvalue weighted by Crippen LogP contribution is -2.51. The molecule has 2 saturated heterocycles. The zero-order chi connectivity index (χ0) is 43.1. The van der Waals surface area contributed by atoms with E-state index in [1.54, 1.807) is 34.3 Å². The molecule has 0 unspecified atom stereocenters. The van der Waals surface area contributed by atoms with Crippen LogP contribution in [0.1, 0.15) is 77.1 Å². The van der Waals surface area contributed by atoms with E-state index in [1.165, 1.54) is 14.2 Å². The average Bonchev–Trinajstić information content (AvgIpc) is 4.10. The van der Waals surface area contributed by atoms with Crippen molar-refractivity contribution in [2.45, 2.75) is 77.6 Å². The molecule has 318 valence electrons. The van der Waals surface area contributed by atoms with Crippen LogP contribution in [0.2, 0.25) is 0 Å². The van der Waals surface area contributed by atoms with Crippen LogP contribution in [0.25, 0.3) is 55.2 Å². The Kier molecular flexibility index (Phi) is 11.3. The van der Waals surface area contributed by atoms with Gasteiger partial charge in [0, 0.05) is 31.3 Å². The Hall–Kier alpha value is -6.71. The first-order chi connectivity index (χ1) is 29.4. The average molecular weight is 831 g/mol. The smallest absolute Gasteiger partial charge is 0.407 e. The molecule has 0 saturated carbocycles. The minimum absolute atomic E-state index is 0.152. The van der Waals surface area contributed by atoms with Crippen LogP contribution in [-0.2, 0) is 19.1 Å². The maximum Gasteiger partial charge on any atom is 0.407 e. The SMILES string of the molecule is CNC(=O)O[C@H](C(=O)N1CCC[C@H]1c1ncc(-c2ccc3c(ccc4oc5ccc(-c6cnc([C@@H]7CCCN7C(=O)[C@@H](NC(=O)OC)C(C)C)[nH]6)cc5c(=O)c43)c2)[nH]1)C(C)C. The summed E-state index contributed by atoms with van der Waals surface area (Å²) in [5, 5.41) is 7.56. The third-order valence-electron chi connectivity index (χ3n) is 11.8. The minimum atomic E-state index is -0.917. The van der Waals surface area contributed by atoms with E-state index < -0.39 is 24.3 Å². The van der Waals surface area contributed by atoms with Crippen molar-refractivity contribution in [3.63, 3.8) is 0 Å². The van der Waals surface area contributed by atoms with E-state index in [2.05, 4.69) is 30.6 Å². The second-order valence-electron chi connectivity index (χ2n) is 16.4. The number of aromatic amines is 2. The summed E-state index contributed by atoms with van der Waals surface area (Å²) in [6.07, 6.45) is 4.24. The number of hydrogen-bond acceptors (Lipinski definition) is 10. The number of rotatable bonds is 10. The number of alkyl carbamates (subject to hydrolysis) is 2. The molecule has 0 aliphatic carbocycles. The van der Waals surface area contributed by atoms with E-state index in [0.29, 0.717) is 58.8 Å². The molecular weight excluding hydrogens is 781 g/mol. The number of ether oxygens (including phenoxy) is 2. The number of H-pyrrole nitrogens is 2. The summed E-state index contributed by atoms with van der Waals surface area (Å²) in [5.41, 5.74) is 3.79. The number of fused-ring (bicyclic) bond motifs is 4. The Labute approximate surface area is 351 Å². The first kappa shape index (κ1) is 41.0. The van der Waals surface area contributed by atoms with Crippen LogP contribution in [0.4, 0.5) is 9.59 Å². The van der Waals surface area contributed by atoms with Crippen molar-refractivity contribution < 1.29 is 33.1 Å². The Morgan fingerprint density at radius 1 is 0.770 bits per heavy atom. The fourth-order valence-electron chi connectivity index (χ4n) is 8.64. The first-order valence-electron chi connectivity index (χ1n) is 20.7. The normalized spacial score (nSPS) is 17.7. The third kappa shape index (κ3) is 7.77. The Morgan fingerprint density at radius 2 is 1.38 bits per heavy atom. The molecular formula is C45H50N8O8. The maximum atomic E-state index is 14.3. The predicted octanol–water partition coefficient (Wildman–Crippen LogP) is 6.97. The van der Waals surface area contributed by atoms with Crippen LogP contribution in [0, 0.1) is 11.8 Å². The highest BCUT2D eigenvalue weighted by Crippen LogP contribution is 2.36. The van der Waals surface area contributed by atoms with Crippen LogP contribution in [0.3, 0.4) is 0 Å². The predicted molar refractivity (Wildman–Crippen MR) is 228 cm³/mol. The van der Waals surface area contributed by atoms with Crippen molar-refractivity contribution in [3.05, 3.63) is 82.8 Å². The van der Waals surface area contributed by atoms with E-state index in [1.807, 2.05) is 64.1 Å². The summed E-state index contributed by atoms with van der Waals surface area (Å²) < 4.78 is 16.5. The number of nitrogens with zero attached hydrogens (tertiary/aromatic N) is 4. The number of methoxy groups -OCH3 is 1. The highest BCUT2D eigenvalue weighted by molar-refractivity contribution is 6.09. The molecule has 4 atom stereocenters. The number of carbonyl (C=O) groups is 4. The van der Waals surface area contributed by atoms with Gasteiger partial charge in [0.05, 0.1) is 53.7 Å². The topological polar surface area (TPSA) is 205 Å². The van der Waals surface area contributed by atoms with Gasteiger partial charge in [0.15, 0.2) is 6.10 Å². The molecule has 0 spiro atoms. The third-order valence-corrected chi connectivity index (χ3v) is 11.8. The van der Waals surface area contributed by atoms with Gasteiger partial charge in [-0.05, 0) is 78.6 Å². The van der Waals surface area contributed by atoms with Gasteiger partial charge in [-0.1, -0.05) is 45.9 Å². The van der Waals surface area contributed by atoms with Gasteiger partial charge in [-0.25, -0.2) is 19.6 Å². The van der Waals surface area contributed by atoms with E-state index >= 15 is 0 Å². The highest BCUT2D eigenvalue weighted by Gasteiger charge is 2.39. The molecule has 5 heterocycles. The summed E-state index contributed by atoms with van der Waals surface area (Å²) in [6.45, 7) is 8.51. The monoisotopic (exact) mass is 830 g/mol. The Balaban J connectivity index is 1.05. The van der Waals surface area contributed by atoms with Crippen LogP contribution in [0.5, 0.6) is 0 Å². The van der Waals surface area contributed by atoms with Crippen molar-refractivity contribution in [1.82, 2.24) is 40.4 Å². The van der Waals surface area contributed by atoms with Gasteiger partial charge < -0.3 is 44.3 Å². The van der Waals surface area contributed by atoms with Gasteiger partial charge in [0.1, 0.15) is 28.9 Å². The molecule has 4 amide bonds. The van der Waals surface area contributed by atoms with E-state index in [0.717, 1.165) is 46.9 Å². The van der Waals surface area contributed by atoms with E-state index in [4.69, 9.17) is 13.9 Å². The van der Waals surface area contributed by atoms with Gasteiger partial charge in [0.2, 0.25) is 11.3 Å². The molecule has 16 nitrogen and oxygen atoms in total. The van der Waals surface area contributed by atoms with Gasteiger partial charge in [-0.2, -0.15) is 0 Å². The highest BCUT2D eigenvalue weighted by atomic mass is 16.6. The number of aromatic nitrogens is 4. The largest absolute Gasteiger partial charge is 0.456 e. The van der Waals surface area contributed by atoms with Crippen molar-refractivity contribution in [2.24, 2.45) is 11.8 Å². The van der Waals surface area contributed by atoms with E-state index in [-0.39, 0.29) is 41.2 Å². The van der Waals surface area contributed by atoms with Gasteiger partial charge in [-0.3, -0.25) is 14.4 Å². The Morgan fingerprint density at radius 3 is 1.98 bits per heavy atom. The second-order valence-corrected chi connectivity index (χ2v) is 16.4. The molecule has 3 aromatic heterocycles. The number of likely N-dealkylation sites (tertiary alicyclic amines) is 2. The molecule has 8 rings (SSSR count). The molecule has 6 aromatic rings. The van der Waals surface area contributed by atoms with Gasteiger partial charge >= 0.3 is 12.2 Å². The molecule has 61 heavy (non-hydrogen) atoms. The summed E-state index contributed by atoms with van der Waals surface area (Å²) in [5.74, 6) is 0.466. The molecule has 2 aliphatic heterocycles. The number of hydrogen-bond donors (Lipinski definition) is 4. The lowest BCUT2D eigenvalue weighted by Gasteiger charge is -2.30. The molecule has 4 N–H and O–H groups in total. The zero-order valence-corrected chi connectivity index (χ0v) is 35.0. The second kappa shape index (κ2) is 16.7. The van der Waals surface area contributed by atoms with Gasteiger partial charge in [-0.15, -0.1) is 0 Å². The Bertz CT molecular complexity index is 2720.